The van der Waals surface area contributed by atoms with Gasteiger partial charge in [-0.25, -0.2) is 0 Å². The molecule has 1 aromatic heterocycles. The van der Waals surface area contributed by atoms with Crippen molar-refractivity contribution in [2.24, 2.45) is 0 Å². The lowest BCUT2D eigenvalue weighted by Gasteiger charge is -2.12. The molecule has 1 N–H and O–H groups in total. The molecule has 21 heavy (non-hydrogen) atoms. The lowest BCUT2D eigenvalue weighted by Crippen LogP contribution is -2.12. The van der Waals surface area contributed by atoms with E-state index in [1.54, 1.807) is 7.11 Å². The second kappa shape index (κ2) is 4.63. The molecule has 0 saturated heterocycles. The van der Waals surface area contributed by atoms with Crippen LogP contribution in [0.25, 0.3) is 11.0 Å². The number of methoxy groups -OCH3 is 1. The van der Waals surface area contributed by atoms with E-state index in [0.717, 1.165) is 22.5 Å². The molecule has 0 saturated carbocycles. The summed E-state index contributed by atoms with van der Waals surface area (Å²) in [5.74, 6) is 1.75. The number of fused-ring (bicyclic) bond motifs is 2. The van der Waals surface area contributed by atoms with E-state index in [0.29, 0.717) is 11.4 Å². The molecule has 4 rings (SSSR count). The summed E-state index contributed by atoms with van der Waals surface area (Å²) in [6.07, 6.45) is 0. The van der Waals surface area contributed by atoms with Gasteiger partial charge in [0.15, 0.2) is 4.77 Å². The number of nitrogens with one attached hydrogen (secondary N) is 1. The van der Waals surface area contributed by atoms with E-state index in [1.165, 1.54) is 5.56 Å². The van der Waals surface area contributed by atoms with Crippen LogP contribution in [0, 0.1) is 4.77 Å². The third-order valence-corrected chi connectivity index (χ3v) is 4.21. The van der Waals surface area contributed by atoms with Crippen molar-refractivity contribution in [2.75, 3.05) is 13.7 Å². The molecule has 0 radical (unpaired) electrons. The maximum Gasteiger partial charge on any atom is 0.178 e. The number of para-hydroxylation sites is 1. The summed E-state index contributed by atoms with van der Waals surface area (Å²) in [5, 5.41) is 0. The zero-order chi connectivity index (χ0) is 14.4. The van der Waals surface area contributed by atoms with E-state index < -0.39 is 0 Å². The predicted octanol–water partition coefficient (Wildman–Crippen LogP) is 3.69. The number of hydrogen-bond donors (Lipinski definition) is 1. The number of ether oxygens (including phenoxy) is 2. The van der Waals surface area contributed by atoms with Crippen molar-refractivity contribution in [1.82, 2.24) is 9.55 Å². The standard InChI is InChI=1S/C16H14N2O2S/c1-19-10-6-7-13-12(8-10)17-16(21)18(13)14-9-20-15-5-3-2-4-11(14)15/h2-8,14H,9H2,1H3,(H,17,21). The summed E-state index contributed by atoms with van der Waals surface area (Å²) < 4.78 is 13.9. The highest BCUT2D eigenvalue weighted by Gasteiger charge is 2.27. The number of nitrogens with zero attached hydrogens (tertiary/aromatic N) is 1. The minimum atomic E-state index is 0.107. The Balaban J connectivity index is 1.92. The average Bonchev–Trinajstić information content (AvgIpc) is 3.06. The van der Waals surface area contributed by atoms with Gasteiger partial charge in [0.25, 0.3) is 0 Å². The average molecular weight is 298 g/mol. The molecule has 0 aliphatic carbocycles. The van der Waals surface area contributed by atoms with Gasteiger partial charge in [-0.3, -0.25) is 0 Å². The minimum Gasteiger partial charge on any atom is -0.497 e. The van der Waals surface area contributed by atoms with Crippen LogP contribution >= 0.6 is 12.2 Å². The first-order valence-corrected chi connectivity index (χ1v) is 7.19. The molecule has 0 bridgehead atoms. The van der Waals surface area contributed by atoms with E-state index in [2.05, 4.69) is 15.6 Å². The van der Waals surface area contributed by atoms with Crippen molar-refractivity contribution in [1.29, 1.82) is 0 Å². The maximum absolute atomic E-state index is 5.78. The Labute approximate surface area is 126 Å². The number of imidazole rings is 1. The molecule has 1 aliphatic rings. The van der Waals surface area contributed by atoms with Gasteiger partial charge in [0, 0.05) is 11.6 Å². The lowest BCUT2D eigenvalue weighted by atomic mass is 10.1. The largest absolute Gasteiger partial charge is 0.497 e. The number of hydrogen-bond acceptors (Lipinski definition) is 3. The summed E-state index contributed by atoms with van der Waals surface area (Å²) >= 11 is 5.51. The summed E-state index contributed by atoms with van der Waals surface area (Å²) in [6.45, 7) is 0.604. The van der Waals surface area contributed by atoms with Crippen LogP contribution in [-0.2, 0) is 0 Å². The van der Waals surface area contributed by atoms with Gasteiger partial charge < -0.3 is 19.0 Å². The monoisotopic (exact) mass is 298 g/mol. The first-order chi connectivity index (χ1) is 10.3. The van der Waals surface area contributed by atoms with Gasteiger partial charge in [-0.2, -0.15) is 0 Å². The van der Waals surface area contributed by atoms with E-state index in [-0.39, 0.29) is 6.04 Å². The van der Waals surface area contributed by atoms with Crippen LogP contribution in [0.2, 0.25) is 0 Å². The fourth-order valence-corrected chi connectivity index (χ4v) is 3.24. The molecule has 4 nitrogen and oxygen atoms in total. The summed E-state index contributed by atoms with van der Waals surface area (Å²) in [7, 11) is 1.66. The molecule has 1 aliphatic heterocycles. The lowest BCUT2D eigenvalue weighted by molar-refractivity contribution is 0.318. The molecular weight excluding hydrogens is 284 g/mol. The van der Waals surface area contributed by atoms with E-state index in [1.807, 2.05) is 36.4 Å². The van der Waals surface area contributed by atoms with E-state index in [9.17, 15) is 0 Å². The molecule has 3 aromatic rings. The molecular formula is C16H14N2O2S. The van der Waals surface area contributed by atoms with Crippen molar-refractivity contribution in [3.63, 3.8) is 0 Å². The van der Waals surface area contributed by atoms with Crippen molar-refractivity contribution in [2.45, 2.75) is 6.04 Å². The van der Waals surface area contributed by atoms with Crippen LogP contribution < -0.4 is 9.47 Å². The zero-order valence-corrected chi connectivity index (χ0v) is 12.3. The first-order valence-electron chi connectivity index (χ1n) is 6.78. The van der Waals surface area contributed by atoms with Crippen molar-refractivity contribution >= 4 is 23.3 Å². The second-order valence-electron chi connectivity index (χ2n) is 5.05. The highest BCUT2D eigenvalue weighted by atomic mass is 32.1. The minimum absolute atomic E-state index is 0.107. The molecule has 0 spiro atoms. The molecule has 0 fully saturated rings. The van der Waals surface area contributed by atoms with Gasteiger partial charge in [-0.05, 0) is 30.4 Å². The molecule has 0 amide bonds. The summed E-state index contributed by atoms with van der Waals surface area (Å²) in [5.41, 5.74) is 3.21. The number of benzene rings is 2. The SMILES string of the molecule is COc1ccc2c(c1)[nH]c(=S)n2C1COc2ccccc21. The van der Waals surface area contributed by atoms with Crippen LogP contribution in [0.15, 0.2) is 42.5 Å². The third-order valence-electron chi connectivity index (χ3n) is 3.91. The Kier molecular flexibility index (Phi) is 2.75. The smallest absolute Gasteiger partial charge is 0.178 e. The highest BCUT2D eigenvalue weighted by molar-refractivity contribution is 7.71. The van der Waals surface area contributed by atoms with Gasteiger partial charge in [-0.15, -0.1) is 0 Å². The molecule has 1 atom stereocenters. The first kappa shape index (κ1) is 12.5. The quantitative estimate of drug-likeness (QED) is 0.733. The number of aromatic amines is 1. The Morgan fingerprint density at radius 1 is 1.29 bits per heavy atom. The van der Waals surface area contributed by atoms with Crippen LogP contribution in [-0.4, -0.2) is 23.3 Å². The fraction of sp³-hybridized carbons (Fsp3) is 0.188. The topological polar surface area (TPSA) is 39.2 Å². The van der Waals surface area contributed by atoms with Crippen LogP contribution in [0.3, 0.4) is 0 Å². The number of rotatable bonds is 2. The van der Waals surface area contributed by atoms with Crippen LogP contribution in [0.4, 0.5) is 0 Å². The second-order valence-corrected chi connectivity index (χ2v) is 5.43. The van der Waals surface area contributed by atoms with Crippen molar-refractivity contribution in [3.05, 3.63) is 52.8 Å². The molecule has 106 valence electrons. The van der Waals surface area contributed by atoms with Gasteiger partial charge in [0.05, 0.1) is 24.2 Å². The number of aromatic nitrogens is 2. The van der Waals surface area contributed by atoms with Crippen molar-refractivity contribution < 1.29 is 9.47 Å². The molecule has 2 aromatic carbocycles. The maximum atomic E-state index is 5.78. The Hall–Kier alpha value is -2.27. The summed E-state index contributed by atoms with van der Waals surface area (Å²) in [4.78, 5) is 3.25. The normalized spacial score (nSPS) is 16.7. The Morgan fingerprint density at radius 2 is 2.14 bits per heavy atom. The summed E-state index contributed by atoms with van der Waals surface area (Å²) in [6, 6.07) is 14.2. The van der Waals surface area contributed by atoms with Gasteiger partial charge in [-0.1, -0.05) is 18.2 Å². The highest BCUT2D eigenvalue weighted by Crippen LogP contribution is 2.36. The van der Waals surface area contributed by atoms with Crippen LogP contribution in [0.1, 0.15) is 11.6 Å². The molecule has 1 unspecified atom stereocenters. The number of H-pyrrole nitrogens is 1. The predicted molar refractivity (Wildman–Crippen MR) is 83.8 cm³/mol. The van der Waals surface area contributed by atoms with Crippen LogP contribution in [0.5, 0.6) is 11.5 Å². The van der Waals surface area contributed by atoms with Gasteiger partial charge >= 0.3 is 0 Å². The zero-order valence-electron chi connectivity index (χ0n) is 11.5. The van der Waals surface area contributed by atoms with Gasteiger partial charge in [0.2, 0.25) is 0 Å². The molecule has 5 heteroatoms. The third kappa shape index (κ3) is 1.85. The van der Waals surface area contributed by atoms with Crippen molar-refractivity contribution in [3.8, 4) is 11.5 Å². The Bertz CT molecular complexity index is 881. The van der Waals surface area contributed by atoms with Gasteiger partial charge in [0.1, 0.15) is 18.1 Å². The van der Waals surface area contributed by atoms with E-state index >= 15 is 0 Å². The Morgan fingerprint density at radius 3 is 3.00 bits per heavy atom. The fourth-order valence-electron chi connectivity index (χ4n) is 2.91. The van der Waals surface area contributed by atoms with E-state index in [4.69, 9.17) is 21.7 Å². The molecule has 2 heterocycles.